The van der Waals surface area contributed by atoms with Crippen molar-refractivity contribution in [3.05, 3.63) is 75.9 Å². The van der Waals surface area contributed by atoms with Gasteiger partial charge >= 0.3 is 6.03 Å². The normalized spacial score (nSPS) is 16.1. The molecule has 116 valence electrons. The van der Waals surface area contributed by atoms with E-state index in [1.807, 2.05) is 37.3 Å². The van der Waals surface area contributed by atoms with Crippen LogP contribution >= 0.6 is 11.6 Å². The summed E-state index contributed by atoms with van der Waals surface area (Å²) in [4.78, 5) is 25.7. The maximum absolute atomic E-state index is 12.4. The number of carbonyl (C=O) groups is 2. The van der Waals surface area contributed by atoms with Crippen molar-refractivity contribution < 1.29 is 9.59 Å². The summed E-state index contributed by atoms with van der Waals surface area (Å²) in [6.45, 7) is 2.24. The number of aryl methyl sites for hydroxylation is 1. The Hall–Kier alpha value is -2.59. The van der Waals surface area contributed by atoms with Crippen molar-refractivity contribution in [2.75, 3.05) is 0 Å². The highest BCUT2D eigenvalue weighted by atomic mass is 35.5. The fourth-order valence-corrected chi connectivity index (χ4v) is 2.55. The molecule has 3 amide bonds. The Kier molecular flexibility index (Phi) is 4.17. The number of carbonyl (C=O) groups excluding carboxylic acids is 2. The Morgan fingerprint density at radius 3 is 2.57 bits per heavy atom. The first-order valence-electron chi connectivity index (χ1n) is 7.18. The molecule has 0 aliphatic carbocycles. The number of rotatable bonds is 3. The highest BCUT2D eigenvalue weighted by Crippen LogP contribution is 2.19. The number of benzene rings is 2. The summed E-state index contributed by atoms with van der Waals surface area (Å²) in [5, 5.41) is 3.19. The van der Waals surface area contributed by atoms with Crippen molar-refractivity contribution in [3.63, 3.8) is 0 Å². The van der Waals surface area contributed by atoms with Gasteiger partial charge in [-0.15, -0.1) is 0 Å². The molecule has 1 saturated heterocycles. The van der Waals surface area contributed by atoms with Crippen LogP contribution < -0.4 is 5.32 Å². The SMILES string of the molecule is Cc1ccc(CN2C(=O)N/C(=C/c3cccc(Cl)c3)C2=O)cc1. The molecule has 0 unspecified atom stereocenters. The Morgan fingerprint density at radius 2 is 1.87 bits per heavy atom. The average molecular weight is 327 g/mol. The Morgan fingerprint density at radius 1 is 1.13 bits per heavy atom. The molecule has 4 nitrogen and oxygen atoms in total. The maximum atomic E-state index is 12.4. The van der Waals surface area contributed by atoms with Gasteiger partial charge in [0.25, 0.3) is 5.91 Å². The monoisotopic (exact) mass is 326 g/mol. The summed E-state index contributed by atoms with van der Waals surface area (Å²) >= 11 is 5.93. The predicted octanol–water partition coefficient (Wildman–Crippen LogP) is 3.74. The van der Waals surface area contributed by atoms with E-state index in [0.717, 1.165) is 16.7 Å². The van der Waals surface area contributed by atoms with E-state index in [2.05, 4.69) is 5.32 Å². The first kappa shape index (κ1) is 15.3. The molecule has 1 aliphatic heterocycles. The summed E-state index contributed by atoms with van der Waals surface area (Å²) in [5.74, 6) is -0.337. The number of urea groups is 1. The molecular weight excluding hydrogens is 312 g/mol. The van der Waals surface area contributed by atoms with Gasteiger partial charge in [0.15, 0.2) is 0 Å². The summed E-state index contributed by atoms with van der Waals surface area (Å²) < 4.78 is 0. The summed E-state index contributed by atoms with van der Waals surface area (Å²) in [6, 6.07) is 14.4. The van der Waals surface area contributed by atoms with Crippen molar-refractivity contribution in [1.29, 1.82) is 0 Å². The summed E-state index contributed by atoms with van der Waals surface area (Å²) in [5.41, 5.74) is 3.05. The number of nitrogens with one attached hydrogen (secondary N) is 1. The first-order chi connectivity index (χ1) is 11.0. The lowest BCUT2D eigenvalue weighted by atomic mass is 10.1. The maximum Gasteiger partial charge on any atom is 0.329 e. The van der Waals surface area contributed by atoms with Gasteiger partial charge in [0.2, 0.25) is 0 Å². The van der Waals surface area contributed by atoms with Gasteiger partial charge in [-0.2, -0.15) is 0 Å². The molecule has 1 heterocycles. The number of hydrogen-bond donors (Lipinski definition) is 1. The van der Waals surface area contributed by atoms with Crippen molar-refractivity contribution in [2.45, 2.75) is 13.5 Å². The second-order valence-corrected chi connectivity index (χ2v) is 5.86. The van der Waals surface area contributed by atoms with Gasteiger partial charge in [-0.1, -0.05) is 53.6 Å². The van der Waals surface area contributed by atoms with Gasteiger partial charge in [-0.05, 0) is 36.3 Å². The van der Waals surface area contributed by atoms with Crippen LogP contribution in [0.2, 0.25) is 5.02 Å². The number of nitrogens with zero attached hydrogens (tertiary/aromatic N) is 1. The van der Waals surface area contributed by atoms with Gasteiger partial charge < -0.3 is 5.32 Å². The van der Waals surface area contributed by atoms with E-state index in [1.54, 1.807) is 24.3 Å². The predicted molar refractivity (Wildman–Crippen MR) is 89.7 cm³/mol. The van der Waals surface area contributed by atoms with Gasteiger partial charge in [-0.3, -0.25) is 9.69 Å². The number of hydrogen-bond acceptors (Lipinski definition) is 2. The zero-order valence-electron chi connectivity index (χ0n) is 12.5. The largest absolute Gasteiger partial charge is 0.329 e. The fraction of sp³-hybridized carbons (Fsp3) is 0.111. The van der Waals surface area contributed by atoms with E-state index in [9.17, 15) is 9.59 Å². The van der Waals surface area contributed by atoms with Crippen LogP contribution in [-0.2, 0) is 11.3 Å². The molecule has 1 aliphatic rings. The minimum Gasteiger partial charge on any atom is -0.303 e. The smallest absolute Gasteiger partial charge is 0.303 e. The van der Waals surface area contributed by atoms with E-state index >= 15 is 0 Å². The molecule has 2 aromatic carbocycles. The summed E-state index contributed by atoms with van der Waals surface area (Å²) in [6.07, 6.45) is 1.63. The molecule has 5 heteroatoms. The van der Waals surface area contributed by atoms with E-state index < -0.39 is 6.03 Å². The van der Waals surface area contributed by atoms with Crippen LogP contribution in [-0.4, -0.2) is 16.8 Å². The number of amides is 3. The highest BCUT2D eigenvalue weighted by Gasteiger charge is 2.33. The lowest BCUT2D eigenvalue weighted by molar-refractivity contribution is -0.123. The average Bonchev–Trinajstić information content (AvgIpc) is 2.77. The Labute approximate surface area is 139 Å². The lowest BCUT2D eigenvalue weighted by Gasteiger charge is -2.11. The molecule has 3 rings (SSSR count). The van der Waals surface area contributed by atoms with Gasteiger partial charge in [0.1, 0.15) is 5.70 Å². The third-order valence-electron chi connectivity index (χ3n) is 3.58. The van der Waals surface area contributed by atoms with Crippen LogP contribution in [0, 0.1) is 6.92 Å². The number of imide groups is 1. The topological polar surface area (TPSA) is 49.4 Å². The van der Waals surface area contributed by atoms with Crippen molar-refractivity contribution >= 4 is 29.6 Å². The molecule has 1 N–H and O–H groups in total. The van der Waals surface area contributed by atoms with Gasteiger partial charge in [0, 0.05) is 5.02 Å². The van der Waals surface area contributed by atoms with Crippen LogP contribution in [0.4, 0.5) is 4.79 Å². The molecule has 2 aromatic rings. The van der Waals surface area contributed by atoms with Crippen molar-refractivity contribution in [3.8, 4) is 0 Å². The van der Waals surface area contributed by atoms with Crippen LogP contribution in [0.1, 0.15) is 16.7 Å². The van der Waals surface area contributed by atoms with E-state index in [4.69, 9.17) is 11.6 Å². The second-order valence-electron chi connectivity index (χ2n) is 5.42. The minimum atomic E-state index is -0.413. The van der Waals surface area contributed by atoms with Gasteiger partial charge in [-0.25, -0.2) is 4.79 Å². The van der Waals surface area contributed by atoms with E-state index in [0.29, 0.717) is 5.02 Å². The van der Waals surface area contributed by atoms with Crippen LogP contribution in [0.25, 0.3) is 6.08 Å². The first-order valence-corrected chi connectivity index (χ1v) is 7.56. The molecular formula is C18H15ClN2O2. The molecule has 0 atom stereocenters. The van der Waals surface area contributed by atoms with Crippen LogP contribution in [0.3, 0.4) is 0 Å². The number of halogens is 1. The second kappa shape index (κ2) is 6.26. The quantitative estimate of drug-likeness (QED) is 0.690. The minimum absolute atomic E-state index is 0.248. The summed E-state index contributed by atoms with van der Waals surface area (Å²) in [7, 11) is 0. The molecule has 1 fully saturated rings. The third-order valence-corrected chi connectivity index (χ3v) is 3.82. The zero-order valence-corrected chi connectivity index (χ0v) is 13.3. The molecule has 0 aromatic heterocycles. The molecule has 0 spiro atoms. The molecule has 0 bridgehead atoms. The highest BCUT2D eigenvalue weighted by molar-refractivity contribution is 6.30. The van der Waals surface area contributed by atoms with Crippen molar-refractivity contribution in [2.24, 2.45) is 0 Å². The molecule has 23 heavy (non-hydrogen) atoms. The molecule has 0 saturated carbocycles. The van der Waals surface area contributed by atoms with E-state index in [-0.39, 0.29) is 18.1 Å². The lowest BCUT2D eigenvalue weighted by Crippen LogP contribution is -2.30. The fourth-order valence-electron chi connectivity index (χ4n) is 2.35. The Bertz CT molecular complexity index is 797. The van der Waals surface area contributed by atoms with Gasteiger partial charge in [0.05, 0.1) is 6.54 Å². The standard InChI is InChI=1S/C18H15ClN2O2/c1-12-5-7-13(8-6-12)11-21-17(22)16(20-18(21)23)10-14-3-2-4-15(19)9-14/h2-10H,11H2,1H3,(H,20,23)/b16-10+. The zero-order chi connectivity index (χ0) is 16.4. The van der Waals surface area contributed by atoms with E-state index in [1.165, 1.54) is 4.90 Å². The van der Waals surface area contributed by atoms with Crippen LogP contribution in [0.15, 0.2) is 54.2 Å². The van der Waals surface area contributed by atoms with Crippen molar-refractivity contribution in [1.82, 2.24) is 10.2 Å². The molecule has 0 radical (unpaired) electrons. The van der Waals surface area contributed by atoms with Crippen LogP contribution in [0.5, 0.6) is 0 Å². The Balaban J connectivity index is 1.81. The third kappa shape index (κ3) is 3.43.